The fourth-order valence-corrected chi connectivity index (χ4v) is 0.816. The number of rotatable bonds is 1. The van der Waals surface area contributed by atoms with Crippen LogP contribution in [0.4, 0.5) is 8.78 Å². The molecule has 1 aromatic rings. The largest absolute Gasteiger partial charge is 0.423 e. The van der Waals surface area contributed by atoms with E-state index in [0.29, 0.717) is 0 Å². The predicted octanol–water partition coefficient (Wildman–Crippen LogP) is 2.92. The van der Waals surface area contributed by atoms with Crippen molar-refractivity contribution in [2.45, 2.75) is 20.8 Å². The summed E-state index contributed by atoms with van der Waals surface area (Å²) in [6.07, 6.45) is 0. The fourth-order valence-electron chi connectivity index (χ4n) is 0.816. The molecule has 0 aliphatic rings. The number of halogens is 2. The quantitative estimate of drug-likeness (QED) is 0.530. The molecule has 2 nitrogen and oxygen atoms in total. The van der Waals surface area contributed by atoms with Gasteiger partial charge in [-0.2, -0.15) is 4.39 Å². The summed E-state index contributed by atoms with van der Waals surface area (Å²) in [6.45, 7) is 4.89. The summed E-state index contributed by atoms with van der Waals surface area (Å²) in [5.74, 6) is -3.16. The third-order valence-electron chi connectivity index (χ3n) is 1.73. The van der Waals surface area contributed by atoms with E-state index < -0.39 is 23.0 Å². The van der Waals surface area contributed by atoms with E-state index in [4.69, 9.17) is 4.74 Å². The highest BCUT2D eigenvalue weighted by Crippen LogP contribution is 2.23. The third kappa shape index (κ3) is 2.75. The Morgan fingerprint density at radius 1 is 1.27 bits per heavy atom. The molecule has 0 spiro atoms. The molecule has 0 aliphatic carbocycles. The monoisotopic (exact) mass is 214 g/mol. The summed E-state index contributed by atoms with van der Waals surface area (Å²) in [5, 5.41) is 0. The van der Waals surface area contributed by atoms with Gasteiger partial charge in [0.1, 0.15) is 0 Å². The van der Waals surface area contributed by atoms with Gasteiger partial charge in [0.25, 0.3) is 0 Å². The van der Waals surface area contributed by atoms with Gasteiger partial charge in [-0.25, -0.2) is 4.39 Å². The maximum atomic E-state index is 13.1. The van der Waals surface area contributed by atoms with Crippen LogP contribution in [0.15, 0.2) is 18.2 Å². The van der Waals surface area contributed by atoms with Crippen LogP contribution < -0.4 is 4.74 Å². The molecule has 0 radical (unpaired) electrons. The molecular weight excluding hydrogens is 202 g/mol. The molecule has 1 aromatic carbocycles. The van der Waals surface area contributed by atoms with Crippen LogP contribution in [0.2, 0.25) is 0 Å². The molecule has 0 heterocycles. The summed E-state index contributed by atoms with van der Waals surface area (Å²) in [6, 6.07) is 3.45. The second-order valence-corrected chi connectivity index (χ2v) is 4.19. The summed E-state index contributed by atoms with van der Waals surface area (Å²) in [7, 11) is 0. The molecule has 0 saturated heterocycles. The lowest BCUT2D eigenvalue weighted by Gasteiger charge is -2.16. The normalized spacial score (nSPS) is 11.3. The number of hydrogen-bond acceptors (Lipinski definition) is 2. The number of carbonyl (C=O) groups excluding carboxylic acids is 1. The molecule has 1 rings (SSSR count). The van der Waals surface area contributed by atoms with E-state index in [2.05, 4.69) is 0 Å². The van der Waals surface area contributed by atoms with E-state index in [1.54, 1.807) is 20.8 Å². The molecule has 15 heavy (non-hydrogen) atoms. The van der Waals surface area contributed by atoms with Crippen LogP contribution in [0, 0.1) is 17.0 Å². The fraction of sp³-hybridized carbons (Fsp3) is 0.364. The minimum absolute atomic E-state index is 0.380. The van der Waals surface area contributed by atoms with Crippen molar-refractivity contribution in [2.24, 2.45) is 5.41 Å². The maximum absolute atomic E-state index is 13.1. The number of ether oxygens (including phenoxy) is 1. The minimum Gasteiger partial charge on any atom is -0.423 e. The Balaban J connectivity index is 2.91. The zero-order valence-electron chi connectivity index (χ0n) is 8.80. The molecular formula is C11H12F2O2. The SMILES string of the molecule is CC(C)(C)C(=O)Oc1cccc(F)c1F. The maximum Gasteiger partial charge on any atom is 0.316 e. The molecule has 4 heteroatoms. The van der Waals surface area contributed by atoms with E-state index in [0.717, 1.165) is 6.07 Å². The molecule has 0 N–H and O–H groups in total. The first-order valence-corrected chi connectivity index (χ1v) is 4.48. The van der Waals surface area contributed by atoms with Gasteiger partial charge in [0.15, 0.2) is 11.6 Å². The van der Waals surface area contributed by atoms with Gasteiger partial charge in [0.2, 0.25) is 5.82 Å². The molecule has 82 valence electrons. The Hall–Kier alpha value is -1.45. The van der Waals surface area contributed by atoms with Gasteiger partial charge in [-0.1, -0.05) is 6.07 Å². The highest BCUT2D eigenvalue weighted by atomic mass is 19.2. The Labute approximate surface area is 86.9 Å². The standard InChI is InChI=1S/C11H12F2O2/c1-11(2,3)10(14)15-8-6-4-5-7(12)9(8)13/h4-6H,1-3H3. The Bertz CT molecular complexity index is 381. The third-order valence-corrected chi connectivity index (χ3v) is 1.73. The van der Waals surface area contributed by atoms with Crippen LogP contribution in [0.1, 0.15) is 20.8 Å². The summed E-state index contributed by atoms with van der Waals surface area (Å²) >= 11 is 0. The first-order valence-electron chi connectivity index (χ1n) is 4.48. The minimum atomic E-state index is -1.14. The van der Waals surface area contributed by atoms with E-state index in [-0.39, 0.29) is 5.75 Å². The average molecular weight is 214 g/mol. The van der Waals surface area contributed by atoms with Gasteiger partial charge in [0, 0.05) is 0 Å². The molecule has 0 atom stereocenters. The second-order valence-electron chi connectivity index (χ2n) is 4.19. The Morgan fingerprint density at radius 3 is 2.40 bits per heavy atom. The lowest BCUT2D eigenvalue weighted by Crippen LogP contribution is -2.26. The van der Waals surface area contributed by atoms with Crippen molar-refractivity contribution in [2.75, 3.05) is 0 Å². The van der Waals surface area contributed by atoms with E-state index in [9.17, 15) is 13.6 Å². The smallest absolute Gasteiger partial charge is 0.316 e. The molecule has 0 saturated carbocycles. The van der Waals surface area contributed by atoms with Gasteiger partial charge >= 0.3 is 5.97 Å². The highest BCUT2D eigenvalue weighted by molar-refractivity contribution is 5.77. The van der Waals surface area contributed by atoms with E-state index in [1.807, 2.05) is 0 Å². The molecule has 0 aromatic heterocycles. The van der Waals surface area contributed by atoms with Crippen molar-refractivity contribution in [3.63, 3.8) is 0 Å². The van der Waals surface area contributed by atoms with Gasteiger partial charge < -0.3 is 4.74 Å². The highest BCUT2D eigenvalue weighted by Gasteiger charge is 2.25. The zero-order chi connectivity index (χ0) is 11.6. The number of hydrogen-bond donors (Lipinski definition) is 0. The van der Waals surface area contributed by atoms with Crippen LogP contribution in [0.5, 0.6) is 5.75 Å². The molecule has 0 aliphatic heterocycles. The van der Waals surface area contributed by atoms with Crippen molar-refractivity contribution in [1.29, 1.82) is 0 Å². The first kappa shape index (κ1) is 11.6. The van der Waals surface area contributed by atoms with Gasteiger partial charge in [-0.15, -0.1) is 0 Å². The van der Waals surface area contributed by atoms with Gasteiger partial charge in [-0.05, 0) is 32.9 Å². The van der Waals surface area contributed by atoms with Crippen molar-refractivity contribution in [3.05, 3.63) is 29.8 Å². The van der Waals surface area contributed by atoms with Crippen LogP contribution in [-0.2, 0) is 4.79 Å². The Morgan fingerprint density at radius 2 is 1.87 bits per heavy atom. The van der Waals surface area contributed by atoms with Crippen LogP contribution in [-0.4, -0.2) is 5.97 Å². The molecule has 0 unspecified atom stereocenters. The van der Waals surface area contributed by atoms with Crippen molar-refractivity contribution in [3.8, 4) is 5.75 Å². The summed E-state index contributed by atoms with van der Waals surface area (Å²) in [5.41, 5.74) is -0.751. The van der Waals surface area contributed by atoms with Crippen molar-refractivity contribution in [1.82, 2.24) is 0 Å². The molecule has 0 bridgehead atoms. The lowest BCUT2D eigenvalue weighted by molar-refractivity contribution is -0.143. The van der Waals surface area contributed by atoms with E-state index in [1.165, 1.54) is 12.1 Å². The topological polar surface area (TPSA) is 26.3 Å². The van der Waals surface area contributed by atoms with Gasteiger partial charge in [-0.3, -0.25) is 4.79 Å². The van der Waals surface area contributed by atoms with Crippen LogP contribution in [0.25, 0.3) is 0 Å². The number of esters is 1. The second kappa shape index (κ2) is 3.96. The number of carbonyl (C=O) groups is 1. The number of benzene rings is 1. The molecule has 0 amide bonds. The predicted molar refractivity (Wildman–Crippen MR) is 51.4 cm³/mol. The molecule has 0 fully saturated rings. The van der Waals surface area contributed by atoms with Crippen LogP contribution >= 0.6 is 0 Å². The first-order chi connectivity index (χ1) is 6.82. The van der Waals surface area contributed by atoms with Gasteiger partial charge in [0.05, 0.1) is 5.41 Å². The van der Waals surface area contributed by atoms with Crippen molar-refractivity contribution < 1.29 is 18.3 Å². The van der Waals surface area contributed by atoms with Crippen LogP contribution in [0.3, 0.4) is 0 Å². The van der Waals surface area contributed by atoms with Crippen molar-refractivity contribution >= 4 is 5.97 Å². The lowest BCUT2D eigenvalue weighted by atomic mass is 9.97. The Kier molecular flexibility index (Phi) is 3.07. The summed E-state index contributed by atoms with van der Waals surface area (Å²) in [4.78, 5) is 11.4. The zero-order valence-corrected chi connectivity index (χ0v) is 8.80. The van der Waals surface area contributed by atoms with E-state index >= 15 is 0 Å². The summed E-state index contributed by atoms with van der Waals surface area (Å²) < 4.78 is 30.6. The average Bonchev–Trinajstić information content (AvgIpc) is 2.11.